The van der Waals surface area contributed by atoms with E-state index in [2.05, 4.69) is 0 Å². The van der Waals surface area contributed by atoms with Gasteiger partial charge in [0.1, 0.15) is 3.72 Å². The molecule has 0 radical (unpaired) electrons. The Kier molecular flexibility index (Phi) is 3.42. The first-order valence-corrected chi connectivity index (χ1v) is 2.97. The van der Waals surface area contributed by atoms with E-state index in [9.17, 15) is 0 Å². The molecule has 0 aromatic rings. The van der Waals surface area contributed by atoms with E-state index in [-0.39, 0.29) is 9.43 Å². The van der Waals surface area contributed by atoms with Gasteiger partial charge in [-0.25, -0.2) is 0 Å². The average Bonchev–Trinajstić information content (AvgIpc) is 1.67. The highest BCUT2D eigenvalue weighted by atomic mass is 127. The molecule has 0 bridgehead atoms. The first-order valence-electron chi connectivity index (χ1n) is 1.89. The lowest BCUT2D eigenvalue weighted by Gasteiger charge is -1.85. The van der Waals surface area contributed by atoms with Crippen LogP contribution in [-0.2, 0) is 0 Å². The number of rotatable bonds is 2. The summed E-state index contributed by atoms with van der Waals surface area (Å²) in [5, 5.41) is 13.8. The van der Waals surface area contributed by atoms with E-state index < -0.39 is 0 Å². The molecule has 44 valence electrons. The molecule has 0 aromatic heterocycles. The second-order valence-electron chi connectivity index (χ2n) is 1.09. The van der Waals surface area contributed by atoms with Gasteiger partial charge in [0.05, 0.1) is 5.71 Å². The van der Waals surface area contributed by atoms with Crippen LogP contribution >= 0.6 is 22.6 Å². The molecule has 0 amide bonds. The summed E-state index contributed by atoms with van der Waals surface area (Å²) in [7, 11) is 0. The summed E-state index contributed by atoms with van der Waals surface area (Å²) in [6.45, 7) is 0. The smallest absolute Gasteiger partial charge is 0.117 e. The summed E-state index contributed by atoms with van der Waals surface area (Å²) in [5.41, 5.74) is 5.09. The normalized spacial score (nSPS) is 9.62. The molecule has 8 heavy (non-hydrogen) atoms. The van der Waals surface area contributed by atoms with Crippen molar-refractivity contribution in [2.75, 3.05) is 0 Å². The highest BCUT2D eigenvalue weighted by molar-refractivity contribution is 14.1. The average molecular weight is 223 g/mol. The lowest BCUT2D eigenvalue weighted by atomic mass is 10.4. The van der Waals surface area contributed by atoms with Crippen molar-refractivity contribution in [3.63, 3.8) is 0 Å². The standard InChI is InChI=1S/C4H6IN3/c5-4(8)3(7)1-2-6/h1-2,7-8H,6H2. The molecule has 4 N–H and O–H groups in total. The van der Waals surface area contributed by atoms with Crippen LogP contribution in [0.5, 0.6) is 0 Å². The van der Waals surface area contributed by atoms with Gasteiger partial charge in [-0.3, -0.25) is 10.8 Å². The van der Waals surface area contributed by atoms with E-state index in [0.717, 1.165) is 0 Å². The predicted molar refractivity (Wildman–Crippen MR) is 42.8 cm³/mol. The molecule has 0 aliphatic heterocycles. The van der Waals surface area contributed by atoms with Gasteiger partial charge in [0.25, 0.3) is 0 Å². The summed E-state index contributed by atoms with van der Waals surface area (Å²) in [6, 6.07) is 0. The number of hydrogen-bond donors (Lipinski definition) is 3. The first-order chi connectivity index (χ1) is 3.68. The van der Waals surface area contributed by atoms with Gasteiger partial charge >= 0.3 is 0 Å². The molecule has 0 atom stereocenters. The van der Waals surface area contributed by atoms with Crippen LogP contribution in [-0.4, -0.2) is 9.43 Å². The molecule has 0 rings (SSSR count). The monoisotopic (exact) mass is 223 g/mol. The Bertz CT molecular complexity index is 138. The molecule has 0 aliphatic rings. The fourth-order valence-electron chi connectivity index (χ4n) is 0.169. The highest BCUT2D eigenvalue weighted by Crippen LogP contribution is 1.88. The zero-order valence-electron chi connectivity index (χ0n) is 4.11. The molecule has 0 aromatic carbocycles. The first kappa shape index (κ1) is 7.61. The van der Waals surface area contributed by atoms with E-state index in [1.165, 1.54) is 12.3 Å². The van der Waals surface area contributed by atoms with Gasteiger partial charge in [0, 0.05) is 0 Å². The molecule has 0 spiro atoms. The zero-order valence-corrected chi connectivity index (χ0v) is 6.27. The SMILES string of the molecule is N=C(I)C(=N)C=CN. The maximum atomic E-state index is 6.94. The van der Waals surface area contributed by atoms with Crippen LogP contribution in [0.15, 0.2) is 12.3 Å². The van der Waals surface area contributed by atoms with Gasteiger partial charge in [-0.1, -0.05) is 0 Å². The summed E-state index contributed by atoms with van der Waals surface area (Å²) in [5.74, 6) is 0. The van der Waals surface area contributed by atoms with Crippen LogP contribution in [0.4, 0.5) is 0 Å². The van der Waals surface area contributed by atoms with Gasteiger partial charge in [0.2, 0.25) is 0 Å². The molecule has 3 nitrogen and oxygen atoms in total. The quantitative estimate of drug-likeness (QED) is 0.472. The van der Waals surface area contributed by atoms with Crippen molar-refractivity contribution in [2.24, 2.45) is 5.73 Å². The van der Waals surface area contributed by atoms with Crippen molar-refractivity contribution >= 4 is 32.0 Å². The van der Waals surface area contributed by atoms with E-state index in [1.54, 1.807) is 22.6 Å². The Morgan fingerprint density at radius 1 is 1.50 bits per heavy atom. The maximum Gasteiger partial charge on any atom is 0.117 e. The number of nitrogens with one attached hydrogen (secondary N) is 2. The third kappa shape index (κ3) is 2.73. The van der Waals surface area contributed by atoms with Crippen LogP contribution in [0, 0.1) is 10.8 Å². The molecular formula is C4H6IN3. The van der Waals surface area contributed by atoms with Crippen molar-refractivity contribution in [3.05, 3.63) is 12.3 Å². The molecule has 0 aliphatic carbocycles. The molecule has 0 unspecified atom stereocenters. The van der Waals surface area contributed by atoms with E-state index >= 15 is 0 Å². The Hall–Kier alpha value is -0.390. The summed E-state index contributed by atoms with van der Waals surface area (Å²) in [4.78, 5) is 0. The minimum absolute atomic E-state index is 0.146. The van der Waals surface area contributed by atoms with Crippen LogP contribution in [0.1, 0.15) is 0 Å². The number of hydrogen-bond acceptors (Lipinski definition) is 3. The number of nitrogens with two attached hydrogens (primary N) is 1. The van der Waals surface area contributed by atoms with Crippen molar-refractivity contribution in [2.45, 2.75) is 0 Å². The van der Waals surface area contributed by atoms with E-state index in [1.807, 2.05) is 0 Å². The highest BCUT2D eigenvalue weighted by Gasteiger charge is 1.91. The van der Waals surface area contributed by atoms with Gasteiger partial charge < -0.3 is 5.73 Å². The Morgan fingerprint density at radius 3 is 2.12 bits per heavy atom. The summed E-state index contributed by atoms with van der Waals surface area (Å²) < 4.78 is 0.198. The Labute approximate surface area is 61.1 Å². The third-order valence-electron chi connectivity index (χ3n) is 0.499. The molecule has 0 saturated carbocycles. The third-order valence-corrected chi connectivity index (χ3v) is 1.08. The lowest BCUT2D eigenvalue weighted by Crippen LogP contribution is -1.99. The predicted octanol–water partition coefficient (Wildman–Crippen LogP) is 0.891. The molecule has 0 heterocycles. The fraction of sp³-hybridized carbons (Fsp3) is 0. The van der Waals surface area contributed by atoms with Gasteiger partial charge in [-0.2, -0.15) is 0 Å². The fourth-order valence-corrected chi connectivity index (χ4v) is 0.349. The summed E-state index contributed by atoms with van der Waals surface area (Å²) in [6.07, 6.45) is 2.62. The number of allylic oxidation sites excluding steroid dienone is 1. The molecular weight excluding hydrogens is 217 g/mol. The number of halogens is 1. The second kappa shape index (κ2) is 3.59. The van der Waals surface area contributed by atoms with E-state index in [0.29, 0.717) is 0 Å². The second-order valence-corrected chi connectivity index (χ2v) is 2.17. The molecule has 0 saturated heterocycles. The minimum Gasteiger partial charge on any atom is -0.405 e. The van der Waals surface area contributed by atoms with Gasteiger partial charge in [-0.05, 0) is 34.9 Å². The van der Waals surface area contributed by atoms with Crippen LogP contribution in [0.25, 0.3) is 0 Å². The van der Waals surface area contributed by atoms with Crippen molar-refractivity contribution in [1.29, 1.82) is 10.8 Å². The topological polar surface area (TPSA) is 73.7 Å². The van der Waals surface area contributed by atoms with Gasteiger partial charge in [-0.15, -0.1) is 0 Å². The lowest BCUT2D eigenvalue weighted by molar-refractivity contribution is 1.51. The van der Waals surface area contributed by atoms with Crippen molar-refractivity contribution in [3.8, 4) is 0 Å². The maximum absolute atomic E-state index is 6.94. The molecule has 0 fully saturated rings. The van der Waals surface area contributed by atoms with Gasteiger partial charge in [0.15, 0.2) is 0 Å². The van der Waals surface area contributed by atoms with Crippen LogP contribution < -0.4 is 5.73 Å². The van der Waals surface area contributed by atoms with E-state index in [4.69, 9.17) is 16.6 Å². The molecule has 4 heteroatoms. The van der Waals surface area contributed by atoms with Crippen LogP contribution in [0.3, 0.4) is 0 Å². The van der Waals surface area contributed by atoms with Crippen LogP contribution in [0.2, 0.25) is 0 Å². The largest absolute Gasteiger partial charge is 0.405 e. The Morgan fingerprint density at radius 2 is 2.00 bits per heavy atom. The van der Waals surface area contributed by atoms with Crippen molar-refractivity contribution < 1.29 is 0 Å². The van der Waals surface area contributed by atoms with Crippen molar-refractivity contribution in [1.82, 2.24) is 0 Å². The minimum atomic E-state index is 0.146. The Balaban J connectivity index is 3.85. The zero-order chi connectivity index (χ0) is 6.57. The summed E-state index contributed by atoms with van der Waals surface area (Å²) >= 11 is 1.74.